The highest BCUT2D eigenvalue weighted by Gasteiger charge is 2.13. The number of carbonyl (C=O) groups excluding carboxylic acids is 1. The molecule has 4 N–H and O–H groups in total. The Bertz CT molecular complexity index is 551. The number of hydrogen-bond acceptors (Lipinski definition) is 5. The second-order valence-electron chi connectivity index (χ2n) is 3.90. The molecule has 0 aliphatic heterocycles. The molecule has 0 unspecified atom stereocenters. The van der Waals surface area contributed by atoms with Gasteiger partial charge in [-0.05, 0) is 25.1 Å². The summed E-state index contributed by atoms with van der Waals surface area (Å²) in [6.07, 6.45) is 0. The standard InChI is InChI=1S/C12H19N3O4S.ClH/c1-2-19-9-12(16)15-10-4-3-5-11(8-10)20(17,18)14-7-6-13;/h3-5,8,14H,2,6-7,9,13H2,1H3,(H,15,16);1H. The van der Waals surface area contributed by atoms with Crippen molar-refractivity contribution in [2.24, 2.45) is 5.73 Å². The molecule has 0 bridgehead atoms. The van der Waals surface area contributed by atoms with Crippen molar-refractivity contribution in [1.29, 1.82) is 0 Å². The lowest BCUT2D eigenvalue weighted by Crippen LogP contribution is -2.29. The molecule has 21 heavy (non-hydrogen) atoms. The number of ether oxygens (including phenoxy) is 1. The van der Waals surface area contributed by atoms with Crippen LogP contribution in [0.3, 0.4) is 0 Å². The van der Waals surface area contributed by atoms with Gasteiger partial charge in [-0.2, -0.15) is 0 Å². The van der Waals surface area contributed by atoms with Crippen molar-refractivity contribution in [3.8, 4) is 0 Å². The summed E-state index contributed by atoms with van der Waals surface area (Å²) in [7, 11) is -3.61. The van der Waals surface area contributed by atoms with Crippen LogP contribution in [0.25, 0.3) is 0 Å². The van der Waals surface area contributed by atoms with Gasteiger partial charge < -0.3 is 15.8 Å². The van der Waals surface area contributed by atoms with E-state index in [4.69, 9.17) is 10.5 Å². The molecule has 120 valence electrons. The van der Waals surface area contributed by atoms with Crippen molar-refractivity contribution in [2.75, 3.05) is 31.6 Å². The number of anilines is 1. The van der Waals surface area contributed by atoms with Crippen molar-refractivity contribution >= 4 is 34.0 Å². The van der Waals surface area contributed by atoms with E-state index < -0.39 is 10.0 Å². The quantitative estimate of drug-likeness (QED) is 0.632. The Morgan fingerprint density at radius 3 is 2.71 bits per heavy atom. The van der Waals surface area contributed by atoms with E-state index in [0.717, 1.165) is 0 Å². The lowest BCUT2D eigenvalue weighted by molar-refractivity contribution is -0.120. The maximum absolute atomic E-state index is 11.9. The topological polar surface area (TPSA) is 111 Å². The molecule has 0 heterocycles. The van der Waals surface area contributed by atoms with Crippen molar-refractivity contribution in [2.45, 2.75) is 11.8 Å². The molecule has 0 aliphatic rings. The van der Waals surface area contributed by atoms with Gasteiger partial charge in [0.05, 0.1) is 4.90 Å². The number of rotatable bonds is 8. The molecule has 1 aromatic carbocycles. The molecule has 0 aliphatic carbocycles. The lowest BCUT2D eigenvalue weighted by Gasteiger charge is -2.09. The number of nitrogens with one attached hydrogen (secondary N) is 2. The molecule has 1 amide bonds. The molecule has 0 saturated carbocycles. The molecular formula is C12H20ClN3O4S. The van der Waals surface area contributed by atoms with Crippen molar-refractivity contribution in [3.05, 3.63) is 24.3 Å². The largest absolute Gasteiger partial charge is 0.372 e. The minimum absolute atomic E-state index is 0. The second kappa shape index (κ2) is 9.69. The number of hydrogen-bond donors (Lipinski definition) is 3. The van der Waals surface area contributed by atoms with Crippen molar-refractivity contribution in [1.82, 2.24) is 4.72 Å². The zero-order valence-electron chi connectivity index (χ0n) is 11.7. The molecule has 0 aromatic heterocycles. The van der Waals surface area contributed by atoms with Gasteiger partial charge in [-0.25, -0.2) is 13.1 Å². The zero-order valence-corrected chi connectivity index (χ0v) is 13.3. The molecule has 1 aromatic rings. The van der Waals surface area contributed by atoms with E-state index in [1.807, 2.05) is 0 Å². The van der Waals surface area contributed by atoms with Crippen LogP contribution in [0.1, 0.15) is 6.92 Å². The molecule has 0 saturated heterocycles. The molecule has 0 atom stereocenters. The third-order valence-corrected chi connectivity index (χ3v) is 3.76. The highest BCUT2D eigenvalue weighted by atomic mass is 35.5. The van der Waals surface area contributed by atoms with Crippen LogP contribution in [0.4, 0.5) is 5.69 Å². The Labute approximate surface area is 130 Å². The first-order valence-electron chi connectivity index (χ1n) is 6.17. The SMILES string of the molecule is CCOCC(=O)Nc1cccc(S(=O)(=O)NCCN)c1.Cl. The van der Waals surface area contributed by atoms with Crippen LogP contribution in [-0.2, 0) is 19.6 Å². The van der Waals surface area contributed by atoms with Gasteiger partial charge in [-0.1, -0.05) is 6.07 Å². The highest BCUT2D eigenvalue weighted by Crippen LogP contribution is 2.15. The lowest BCUT2D eigenvalue weighted by atomic mass is 10.3. The Balaban J connectivity index is 0.00000400. The van der Waals surface area contributed by atoms with Gasteiger partial charge in [0.1, 0.15) is 6.61 Å². The third-order valence-electron chi connectivity index (χ3n) is 2.30. The average Bonchev–Trinajstić information content (AvgIpc) is 2.43. The molecule has 1 rings (SSSR count). The molecule has 0 radical (unpaired) electrons. The van der Waals surface area contributed by atoms with Crippen molar-refractivity contribution in [3.63, 3.8) is 0 Å². The Kier molecular flexibility index (Phi) is 9.14. The van der Waals surface area contributed by atoms with Gasteiger partial charge >= 0.3 is 0 Å². The number of carbonyl (C=O) groups is 1. The van der Waals surface area contributed by atoms with Crippen LogP contribution >= 0.6 is 12.4 Å². The maximum Gasteiger partial charge on any atom is 0.250 e. The molecule has 7 nitrogen and oxygen atoms in total. The maximum atomic E-state index is 11.9. The summed E-state index contributed by atoms with van der Waals surface area (Å²) in [6.45, 7) is 2.51. The number of benzene rings is 1. The van der Waals surface area contributed by atoms with Gasteiger partial charge in [0.2, 0.25) is 15.9 Å². The van der Waals surface area contributed by atoms with Crippen LogP contribution in [0.15, 0.2) is 29.2 Å². The van der Waals surface area contributed by atoms with Crippen LogP contribution in [0.5, 0.6) is 0 Å². The predicted octanol–water partition coefficient (Wildman–Crippen LogP) is 0.320. The summed E-state index contributed by atoms with van der Waals surface area (Å²) in [6, 6.07) is 5.97. The van der Waals surface area contributed by atoms with Crippen LogP contribution in [0, 0.1) is 0 Å². The Morgan fingerprint density at radius 2 is 2.10 bits per heavy atom. The first-order valence-corrected chi connectivity index (χ1v) is 7.65. The smallest absolute Gasteiger partial charge is 0.250 e. The third kappa shape index (κ3) is 6.87. The van der Waals surface area contributed by atoms with E-state index in [2.05, 4.69) is 10.0 Å². The minimum atomic E-state index is -3.61. The van der Waals surface area contributed by atoms with Gasteiger partial charge in [0, 0.05) is 25.4 Å². The second-order valence-corrected chi connectivity index (χ2v) is 5.67. The molecule has 0 fully saturated rings. The molecule has 0 spiro atoms. The van der Waals surface area contributed by atoms with E-state index in [9.17, 15) is 13.2 Å². The average molecular weight is 338 g/mol. The fourth-order valence-corrected chi connectivity index (χ4v) is 2.50. The Morgan fingerprint density at radius 1 is 1.38 bits per heavy atom. The molecule has 9 heteroatoms. The first-order chi connectivity index (χ1) is 9.49. The summed E-state index contributed by atoms with van der Waals surface area (Å²) < 4.78 is 31.1. The number of sulfonamides is 1. The summed E-state index contributed by atoms with van der Waals surface area (Å²) in [4.78, 5) is 11.6. The van der Waals surface area contributed by atoms with Crippen LogP contribution in [-0.4, -0.2) is 40.6 Å². The fraction of sp³-hybridized carbons (Fsp3) is 0.417. The first kappa shape index (κ1) is 19.8. The Hall–Kier alpha value is -1.19. The zero-order chi connectivity index (χ0) is 15.0. The highest BCUT2D eigenvalue weighted by molar-refractivity contribution is 7.89. The van der Waals surface area contributed by atoms with E-state index >= 15 is 0 Å². The van der Waals surface area contributed by atoms with Gasteiger partial charge in [-0.15, -0.1) is 12.4 Å². The summed E-state index contributed by atoms with van der Waals surface area (Å²) in [5.74, 6) is -0.337. The van der Waals surface area contributed by atoms with Crippen LogP contribution in [0.2, 0.25) is 0 Å². The van der Waals surface area contributed by atoms with Gasteiger partial charge in [-0.3, -0.25) is 4.79 Å². The summed E-state index contributed by atoms with van der Waals surface area (Å²) in [5.41, 5.74) is 5.65. The van der Waals surface area contributed by atoms with E-state index in [1.165, 1.54) is 12.1 Å². The van der Waals surface area contributed by atoms with E-state index in [-0.39, 0.29) is 42.9 Å². The van der Waals surface area contributed by atoms with Gasteiger partial charge in [0.25, 0.3) is 0 Å². The van der Waals surface area contributed by atoms with E-state index in [1.54, 1.807) is 19.1 Å². The van der Waals surface area contributed by atoms with E-state index in [0.29, 0.717) is 12.3 Å². The summed E-state index contributed by atoms with van der Waals surface area (Å²) >= 11 is 0. The molecular weight excluding hydrogens is 318 g/mol. The number of halogens is 1. The van der Waals surface area contributed by atoms with Crippen molar-refractivity contribution < 1.29 is 17.9 Å². The summed E-state index contributed by atoms with van der Waals surface area (Å²) in [5, 5.41) is 2.56. The predicted molar refractivity (Wildman–Crippen MR) is 83.1 cm³/mol. The normalized spacial score (nSPS) is 10.8. The fourth-order valence-electron chi connectivity index (χ4n) is 1.41. The minimum Gasteiger partial charge on any atom is -0.372 e. The van der Waals surface area contributed by atoms with Gasteiger partial charge in [0.15, 0.2) is 0 Å². The number of nitrogens with two attached hydrogens (primary N) is 1. The monoisotopic (exact) mass is 337 g/mol. The van der Waals surface area contributed by atoms with Crippen LogP contribution < -0.4 is 15.8 Å². The number of amides is 1.